The lowest BCUT2D eigenvalue weighted by Gasteiger charge is -2.28. The topological polar surface area (TPSA) is 141 Å². The van der Waals surface area contributed by atoms with E-state index in [1.807, 2.05) is 13.8 Å². The van der Waals surface area contributed by atoms with Crippen molar-refractivity contribution in [3.63, 3.8) is 0 Å². The molecule has 0 aromatic carbocycles. The SMILES string of the molecule is CC(C)CC(N)C(=O)N1CCCC1C(=O)NC(Cc1cnc[nH]1)C(=O)O. The highest BCUT2D eigenvalue weighted by molar-refractivity contribution is 5.92. The van der Waals surface area contributed by atoms with Crippen molar-refractivity contribution in [1.29, 1.82) is 0 Å². The fourth-order valence-corrected chi connectivity index (χ4v) is 3.21. The van der Waals surface area contributed by atoms with Gasteiger partial charge in [-0.3, -0.25) is 9.59 Å². The molecule has 0 saturated carbocycles. The van der Waals surface area contributed by atoms with Crippen molar-refractivity contribution in [2.45, 2.75) is 57.7 Å². The molecule has 144 valence electrons. The zero-order valence-corrected chi connectivity index (χ0v) is 15.1. The Morgan fingerprint density at radius 3 is 2.77 bits per heavy atom. The lowest BCUT2D eigenvalue weighted by atomic mass is 10.0. The first-order valence-electron chi connectivity index (χ1n) is 8.86. The molecule has 0 radical (unpaired) electrons. The molecule has 1 saturated heterocycles. The van der Waals surface area contributed by atoms with Crippen LogP contribution >= 0.6 is 0 Å². The van der Waals surface area contributed by atoms with Gasteiger partial charge >= 0.3 is 5.97 Å². The number of H-pyrrole nitrogens is 1. The van der Waals surface area contributed by atoms with E-state index in [-0.39, 0.29) is 18.2 Å². The third-order valence-corrected chi connectivity index (χ3v) is 4.47. The van der Waals surface area contributed by atoms with E-state index in [0.29, 0.717) is 31.5 Å². The lowest BCUT2D eigenvalue weighted by molar-refractivity contribution is -0.144. The number of carboxylic acid groups (broad SMARTS) is 1. The number of hydrogen-bond donors (Lipinski definition) is 4. The van der Waals surface area contributed by atoms with E-state index in [4.69, 9.17) is 5.73 Å². The van der Waals surface area contributed by atoms with Gasteiger partial charge in [0.05, 0.1) is 12.4 Å². The number of nitrogens with zero attached hydrogens (tertiary/aromatic N) is 2. The average Bonchev–Trinajstić information content (AvgIpc) is 3.24. The molecule has 9 nitrogen and oxygen atoms in total. The highest BCUT2D eigenvalue weighted by Gasteiger charge is 2.37. The molecule has 26 heavy (non-hydrogen) atoms. The molecule has 2 amide bonds. The molecule has 0 aliphatic carbocycles. The number of rotatable bonds is 8. The second-order valence-corrected chi connectivity index (χ2v) is 7.11. The first-order chi connectivity index (χ1) is 12.3. The van der Waals surface area contributed by atoms with Crippen molar-refractivity contribution in [1.82, 2.24) is 20.2 Å². The summed E-state index contributed by atoms with van der Waals surface area (Å²) in [6.07, 6.45) is 4.79. The number of hydrogen-bond acceptors (Lipinski definition) is 5. The summed E-state index contributed by atoms with van der Waals surface area (Å²) in [5.74, 6) is -1.58. The molecule has 2 heterocycles. The number of aromatic nitrogens is 2. The zero-order chi connectivity index (χ0) is 19.3. The van der Waals surface area contributed by atoms with E-state index in [9.17, 15) is 19.5 Å². The van der Waals surface area contributed by atoms with Gasteiger partial charge in [-0.15, -0.1) is 0 Å². The van der Waals surface area contributed by atoms with E-state index in [1.54, 1.807) is 0 Å². The van der Waals surface area contributed by atoms with Gasteiger partial charge in [-0.25, -0.2) is 9.78 Å². The molecule has 1 aromatic heterocycles. The molecule has 0 bridgehead atoms. The first kappa shape index (κ1) is 19.9. The van der Waals surface area contributed by atoms with E-state index in [0.717, 1.165) is 0 Å². The van der Waals surface area contributed by atoms with Gasteiger partial charge in [-0.1, -0.05) is 13.8 Å². The summed E-state index contributed by atoms with van der Waals surface area (Å²) in [7, 11) is 0. The number of carbonyl (C=O) groups excluding carboxylic acids is 2. The average molecular weight is 365 g/mol. The molecule has 0 spiro atoms. The van der Waals surface area contributed by atoms with Gasteiger partial charge in [0.15, 0.2) is 0 Å². The van der Waals surface area contributed by atoms with Crippen LogP contribution in [0.2, 0.25) is 0 Å². The van der Waals surface area contributed by atoms with Crippen LogP contribution in [0.1, 0.15) is 38.8 Å². The number of nitrogens with two attached hydrogens (primary N) is 1. The van der Waals surface area contributed by atoms with Crippen LogP contribution in [-0.4, -0.2) is 62.4 Å². The summed E-state index contributed by atoms with van der Waals surface area (Å²) >= 11 is 0. The lowest BCUT2D eigenvalue weighted by Crippen LogP contribution is -2.54. The summed E-state index contributed by atoms with van der Waals surface area (Å²) in [5.41, 5.74) is 6.58. The molecular weight excluding hydrogens is 338 g/mol. The minimum absolute atomic E-state index is 0.0919. The molecule has 3 atom stereocenters. The van der Waals surface area contributed by atoms with Crippen molar-refractivity contribution in [3.05, 3.63) is 18.2 Å². The van der Waals surface area contributed by atoms with Crippen LogP contribution in [0, 0.1) is 5.92 Å². The second-order valence-electron chi connectivity index (χ2n) is 7.11. The van der Waals surface area contributed by atoms with Crippen LogP contribution in [-0.2, 0) is 20.8 Å². The van der Waals surface area contributed by atoms with Crippen LogP contribution in [0.25, 0.3) is 0 Å². The zero-order valence-electron chi connectivity index (χ0n) is 15.1. The van der Waals surface area contributed by atoms with E-state index >= 15 is 0 Å². The molecule has 2 rings (SSSR count). The number of carboxylic acids is 1. The summed E-state index contributed by atoms with van der Waals surface area (Å²) < 4.78 is 0. The molecule has 5 N–H and O–H groups in total. The van der Waals surface area contributed by atoms with Gasteiger partial charge in [0.1, 0.15) is 12.1 Å². The largest absolute Gasteiger partial charge is 0.480 e. The Hall–Kier alpha value is -2.42. The summed E-state index contributed by atoms with van der Waals surface area (Å²) in [6.45, 7) is 4.42. The standard InChI is InChI=1S/C17H27N5O4/c1-10(2)6-12(18)16(24)22-5-3-4-14(22)15(23)21-13(17(25)26)7-11-8-19-9-20-11/h8-10,12-14H,3-7,18H2,1-2H3,(H,19,20)(H,21,23)(H,25,26). The first-order valence-corrected chi connectivity index (χ1v) is 8.86. The Morgan fingerprint density at radius 2 is 2.19 bits per heavy atom. The minimum Gasteiger partial charge on any atom is -0.480 e. The Bertz CT molecular complexity index is 631. The van der Waals surface area contributed by atoms with Gasteiger partial charge < -0.3 is 26.0 Å². The molecule has 1 fully saturated rings. The van der Waals surface area contributed by atoms with Gasteiger partial charge in [-0.2, -0.15) is 0 Å². The predicted molar refractivity (Wildman–Crippen MR) is 94.0 cm³/mol. The van der Waals surface area contributed by atoms with Crippen molar-refractivity contribution in [2.75, 3.05) is 6.54 Å². The summed E-state index contributed by atoms with van der Waals surface area (Å²) in [4.78, 5) is 44.8. The van der Waals surface area contributed by atoms with E-state index in [2.05, 4.69) is 15.3 Å². The van der Waals surface area contributed by atoms with E-state index in [1.165, 1.54) is 17.4 Å². The highest BCUT2D eigenvalue weighted by Crippen LogP contribution is 2.20. The highest BCUT2D eigenvalue weighted by atomic mass is 16.4. The smallest absolute Gasteiger partial charge is 0.326 e. The fraction of sp³-hybridized carbons (Fsp3) is 0.647. The minimum atomic E-state index is -1.14. The summed E-state index contributed by atoms with van der Waals surface area (Å²) in [5, 5.41) is 11.9. The quantitative estimate of drug-likeness (QED) is 0.506. The van der Waals surface area contributed by atoms with Crippen molar-refractivity contribution >= 4 is 17.8 Å². The van der Waals surface area contributed by atoms with Gasteiger partial charge in [0.2, 0.25) is 11.8 Å². The molecule has 9 heteroatoms. The van der Waals surface area contributed by atoms with Crippen LogP contribution in [0.4, 0.5) is 0 Å². The third kappa shape index (κ3) is 5.04. The van der Waals surface area contributed by atoms with Crippen LogP contribution in [0.5, 0.6) is 0 Å². The van der Waals surface area contributed by atoms with Crippen LogP contribution in [0.3, 0.4) is 0 Å². The van der Waals surface area contributed by atoms with Gasteiger partial charge in [0.25, 0.3) is 0 Å². The number of nitrogens with one attached hydrogen (secondary N) is 2. The monoisotopic (exact) mass is 365 g/mol. The Kier molecular flexibility index (Phi) is 6.73. The number of aliphatic carboxylic acids is 1. The number of carbonyl (C=O) groups is 3. The van der Waals surface area contributed by atoms with Crippen molar-refractivity contribution in [2.24, 2.45) is 11.7 Å². The van der Waals surface area contributed by atoms with Crippen molar-refractivity contribution in [3.8, 4) is 0 Å². The third-order valence-electron chi connectivity index (χ3n) is 4.47. The Morgan fingerprint density at radius 1 is 1.46 bits per heavy atom. The number of aromatic amines is 1. The molecule has 1 aromatic rings. The number of imidazole rings is 1. The van der Waals surface area contributed by atoms with Crippen LogP contribution in [0.15, 0.2) is 12.5 Å². The molecular formula is C17H27N5O4. The fourth-order valence-electron chi connectivity index (χ4n) is 3.21. The van der Waals surface area contributed by atoms with Gasteiger partial charge in [0, 0.05) is 24.9 Å². The van der Waals surface area contributed by atoms with Gasteiger partial charge in [-0.05, 0) is 25.2 Å². The maximum Gasteiger partial charge on any atom is 0.326 e. The predicted octanol–water partition coefficient (Wildman–Crippen LogP) is -0.114. The Balaban J connectivity index is 2.01. The summed E-state index contributed by atoms with van der Waals surface area (Å²) in [6, 6.07) is -2.42. The molecule has 1 aliphatic heterocycles. The Labute approximate surface area is 152 Å². The second kappa shape index (κ2) is 8.79. The van der Waals surface area contributed by atoms with Crippen molar-refractivity contribution < 1.29 is 19.5 Å². The maximum atomic E-state index is 12.6. The number of likely N-dealkylation sites (tertiary alicyclic amines) is 1. The number of amides is 2. The maximum absolute atomic E-state index is 12.6. The van der Waals surface area contributed by atoms with Crippen LogP contribution < -0.4 is 11.1 Å². The normalized spacial score (nSPS) is 19.4. The molecule has 1 aliphatic rings. The molecule has 3 unspecified atom stereocenters. The van der Waals surface area contributed by atoms with E-state index < -0.39 is 30.0 Å².